The minimum Gasteiger partial charge on any atom is -0.497 e. The van der Waals surface area contributed by atoms with Gasteiger partial charge in [0.1, 0.15) is 5.75 Å². The van der Waals surface area contributed by atoms with E-state index in [1.165, 1.54) is 0 Å². The average molecular weight is 284 g/mol. The molecule has 0 heterocycles. The molecule has 1 aromatic carbocycles. The highest BCUT2D eigenvalue weighted by atomic mass is 79.9. The Balaban J connectivity index is 2.03. The van der Waals surface area contributed by atoms with E-state index in [0.29, 0.717) is 12.5 Å². The molecule has 1 aromatic rings. The van der Waals surface area contributed by atoms with Crippen molar-refractivity contribution in [3.8, 4) is 5.75 Å². The third-order valence-electron chi connectivity index (χ3n) is 2.55. The van der Waals surface area contributed by atoms with Crippen LogP contribution in [-0.4, -0.2) is 19.1 Å². The van der Waals surface area contributed by atoms with E-state index in [9.17, 15) is 4.79 Å². The third-order valence-corrected chi connectivity index (χ3v) is 3.32. The van der Waals surface area contributed by atoms with E-state index >= 15 is 0 Å². The Bertz CT molecular complexity index is 402. The van der Waals surface area contributed by atoms with Crippen LogP contribution in [0.1, 0.15) is 18.4 Å². The van der Waals surface area contributed by atoms with Crippen LogP contribution in [0.2, 0.25) is 0 Å². The van der Waals surface area contributed by atoms with Gasteiger partial charge in [-0.25, -0.2) is 0 Å². The van der Waals surface area contributed by atoms with Crippen molar-refractivity contribution >= 4 is 21.8 Å². The first kappa shape index (κ1) is 11.5. The lowest BCUT2D eigenvalue weighted by molar-refractivity contribution is -0.120. The molecule has 3 nitrogen and oxygen atoms in total. The maximum atomic E-state index is 11.6. The zero-order valence-corrected chi connectivity index (χ0v) is 10.7. The van der Waals surface area contributed by atoms with Gasteiger partial charge in [-0.15, -0.1) is 0 Å². The van der Waals surface area contributed by atoms with E-state index < -0.39 is 0 Å². The highest BCUT2D eigenvalue weighted by molar-refractivity contribution is 9.10. The number of ether oxygens (including phenoxy) is 1. The first-order valence-electron chi connectivity index (χ1n) is 5.31. The number of benzene rings is 1. The first-order chi connectivity index (χ1) is 7.69. The second-order valence-electron chi connectivity index (χ2n) is 3.98. The molecule has 0 radical (unpaired) electrons. The number of amides is 1. The second-order valence-corrected chi connectivity index (χ2v) is 4.83. The summed E-state index contributed by atoms with van der Waals surface area (Å²) in [5.74, 6) is 0.855. The van der Waals surface area contributed by atoms with E-state index in [2.05, 4.69) is 21.2 Å². The number of hydrogen-bond acceptors (Lipinski definition) is 2. The van der Waals surface area contributed by atoms with Crippen LogP contribution >= 0.6 is 15.9 Å². The molecule has 1 amide bonds. The molecule has 0 aliphatic heterocycles. The van der Waals surface area contributed by atoms with Crippen molar-refractivity contribution in [3.05, 3.63) is 28.2 Å². The summed E-state index contributed by atoms with van der Waals surface area (Å²) in [5.41, 5.74) is 0.956. The summed E-state index contributed by atoms with van der Waals surface area (Å²) in [6.07, 6.45) is 2.63. The number of nitrogens with one attached hydrogen (secondary N) is 1. The molecule has 0 bridgehead atoms. The normalized spacial score (nSPS) is 14.6. The second kappa shape index (κ2) is 4.87. The van der Waals surface area contributed by atoms with Gasteiger partial charge in [-0.1, -0.05) is 15.9 Å². The van der Waals surface area contributed by atoms with Crippen LogP contribution in [-0.2, 0) is 11.2 Å². The van der Waals surface area contributed by atoms with Crippen LogP contribution in [0.25, 0.3) is 0 Å². The maximum absolute atomic E-state index is 11.6. The predicted octanol–water partition coefficient (Wildman–Crippen LogP) is 2.28. The lowest BCUT2D eigenvalue weighted by Gasteiger charge is -2.07. The quantitative estimate of drug-likeness (QED) is 0.921. The summed E-state index contributed by atoms with van der Waals surface area (Å²) in [6, 6.07) is 6.07. The highest BCUT2D eigenvalue weighted by Crippen LogP contribution is 2.24. The van der Waals surface area contributed by atoms with E-state index in [-0.39, 0.29) is 5.91 Å². The minimum atomic E-state index is 0.0800. The molecular weight excluding hydrogens is 270 g/mol. The van der Waals surface area contributed by atoms with Crippen molar-refractivity contribution in [1.29, 1.82) is 0 Å². The Labute approximate surface area is 103 Å². The van der Waals surface area contributed by atoms with Gasteiger partial charge in [-0.05, 0) is 36.6 Å². The van der Waals surface area contributed by atoms with Crippen molar-refractivity contribution < 1.29 is 9.53 Å². The van der Waals surface area contributed by atoms with Crippen molar-refractivity contribution in [2.45, 2.75) is 25.3 Å². The molecular formula is C12H14BrNO2. The van der Waals surface area contributed by atoms with Gasteiger partial charge in [0, 0.05) is 10.5 Å². The lowest BCUT2D eigenvalue weighted by atomic mass is 10.1. The number of carbonyl (C=O) groups is 1. The molecule has 1 fully saturated rings. The van der Waals surface area contributed by atoms with Crippen molar-refractivity contribution in [2.24, 2.45) is 0 Å². The van der Waals surface area contributed by atoms with Crippen LogP contribution in [0, 0.1) is 0 Å². The Morgan fingerprint density at radius 3 is 2.94 bits per heavy atom. The van der Waals surface area contributed by atoms with Crippen LogP contribution in [0.4, 0.5) is 0 Å². The Morgan fingerprint density at radius 1 is 1.56 bits per heavy atom. The number of methoxy groups -OCH3 is 1. The summed E-state index contributed by atoms with van der Waals surface area (Å²) >= 11 is 3.43. The van der Waals surface area contributed by atoms with E-state index in [1.54, 1.807) is 7.11 Å². The largest absolute Gasteiger partial charge is 0.497 e. The zero-order chi connectivity index (χ0) is 11.5. The SMILES string of the molecule is COc1ccc(Br)c(CC(=O)NC2CC2)c1. The Morgan fingerprint density at radius 2 is 2.31 bits per heavy atom. The number of rotatable bonds is 4. The van der Waals surface area contributed by atoms with E-state index in [0.717, 1.165) is 28.6 Å². The fourth-order valence-electron chi connectivity index (χ4n) is 1.49. The topological polar surface area (TPSA) is 38.3 Å². The molecule has 0 saturated heterocycles. The van der Waals surface area contributed by atoms with Gasteiger partial charge < -0.3 is 10.1 Å². The molecule has 1 aliphatic rings. The molecule has 0 aromatic heterocycles. The molecule has 0 atom stereocenters. The number of halogens is 1. The average Bonchev–Trinajstić information content (AvgIpc) is 3.05. The number of hydrogen-bond donors (Lipinski definition) is 1. The van der Waals surface area contributed by atoms with Crippen molar-refractivity contribution in [1.82, 2.24) is 5.32 Å². The fraction of sp³-hybridized carbons (Fsp3) is 0.417. The molecule has 1 saturated carbocycles. The standard InChI is InChI=1S/C12H14BrNO2/c1-16-10-4-5-11(13)8(6-10)7-12(15)14-9-2-3-9/h4-6,9H,2-3,7H2,1H3,(H,14,15). The van der Waals surface area contributed by atoms with Gasteiger partial charge in [0.2, 0.25) is 5.91 Å². The minimum absolute atomic E-state index is 0.0800. The van der Waals surface area contributed by atoms with Gasteiger partial charge >= 0.3 is 0 Å². The molecule has 16 heavy (non-hydrogen) atoms. The summed E-state index contributed by atoms with van der Waals surface area (Å²) in [5, 5.41) is 2.97. The van der Waals surface area contributed by atoms with Crippen molar-refractivity contribution in [3.63, 3.8) is 0 Å². The molecule has 0 spiro atoms. The molecule has 0 unspecified atom stereocenters. The molecule has 2 rings (SSSR count). The van der Waals surface area contributed by atoms with Gasteiger partial charge in [0.15, 0.2) is 0 Å². The maximum Gasteiger partial charge on any atom is 0.224 e. The zero-order valence-electron chi connectivity index (χ0n) is 9.13. The van der Waals surface area contributed by atoms with E-state index in [4.69, 9.17) is 4.74 Å². The highest BCUT2D eigenvalue weighted by Gasteiger charge is 2.23. The molecule has 86 valence electrons. The molecule has 1 N–H and O–H groups in total. The first-order valence-corrected chi connectivity index (χ1v) is 6.10. The van der Waals surface area contributed by atoms with Crippen LogP contribution in [0.5, 0.6) is 5.75 Å². The Kier molecular flexibility index (Phi) is 3.49. The summed E-state index contributed by atoms with van der Waals surface area (Å²) in [6.45, 7) is 0. The fourth-order valence-corrected chi connectivity index (χ4v) is 1.88. The third kappa shape index (κ3) is 2.98. The lowest BCUT2D eigenvalue weighted by Crippen LogP contribution is -2.27. The summed E-state index contributed by atoms with van der Waals surface area (Å²) in [4.78, 5) is 11.6. The van der Waals surface area contributed by atoms with Crippen LogP contribution in [0.15, 0.2) is 22.7 Å². The van der Waals surface area contributed by atoms with Crippen molar-refractivity contribution in [2.75, 3.05) is 7.11 Å². The van der Waals surface area contributed by atoms with Gasteiger partial charge in [0.05, 0.1) is 13.5 Å². The number of carbonyl (C=O) groups excluding carboxylic acids is 1. The van der Waals surface area contributed by atoms with Gasteiger partial charge in [-0.3, -0.25) is 4.79 Å². The smallest absolute Gasteiger partial charge is 0.224 e. The van der Waals surface area contributed by atoms with E-state index in [1.807, 2.05) is 18.2 Å². The summed E-state index contributed by atoms with van der Waals surface area (Å²) < 4.78 is 6.08. The van der Waals surface area contributed by atoms with Gasteiger partial charge in [-0.2, -0.15) is 0 Å². The van der Waals surface area contributed by atoms with Gasteiger partial charge in [0.25, 0.3) is 0 Å². The summed E-state index contributed by atoms with van der Waals surface area (Å²) in [7, 11) is 1.62. The van der Waals surface area contributed by atoms with Crippen LogP contribution < -0.4 is 10.1 Å². The predicted molar refractivity (Wildman–Crippen MR) is 65.6 cm³/mol. The molecule has 1 aliphatic carbocycles. The molecule has 4 heteroatoms. The Hall–Kier alpha value is -1.03. The monoisotopic (exact) mass is 283 g/mol. The van der Waals surface area contributed by atoms with Crippen LogP contribution in [0.3, 0.4) is 0 Å².